The first-order chi connectivity index (χ1) is 9.61. The van der Waals surface area contributed by atoms with Gasteiger partial charge in [-0.05, 0) is 11.6 Å². The Kier molecular flexibility index (Phi) is 4.58. The fourth-order valence-electron chi connectivity index (χ4n) is 1.64. The van der Waals surface area contributed by atoms with Gasteiger partial charge in [-0.1, -0.05) is 41.9 Å². The highest BCUT2D eigenvalue weighted by Crippen LogP contribution is 2.28. The molecule has 0 bridgehead atoms. The Bertz CT molecular complexity index is 614. The second-order valence-corrected chi connectivity index (χ2v) is 4.44. The molecule has 0 N–H and O–H groups in total. The Balaban J connectivity index is 2.17. The van der Waals surface area contributed by atoms with Crippen molar-refractivity contribution in [2.75, 3.05) is 7.11 Å². The smallest absolute Gasteiger partial charge is 0.340 e. The summed E-state index contributed by atoms with van der Waals surface area (Å²) >= 11 is 5.97. The summed E-state index contributed by atoms with van der Waals surface area (Å²) in [5.74, 6) is -1.33. The molecule has 0 radical (unpaired) electrons. The number of benzene rings is 2. The number of esters is 1. The zero-order chi connectivity index (χ0) is 14.5. The molecule has 0 amide bonds. The third-order valence-corrected chi connectivity index (χ3v) is 2.96. The quantitative estimate of drug-likeness (QED) is 0.804. The molecule has 0 aliphatic rings. The van der Waals surface area contributed by atoms with Crippen molar-refractivity contribution >= 4 is 17.6 Å². The third-order valence-electron chi connectivity index (χ3n) is 2.66. The van der Waals surface area contributed by atoms with Crippen molar-refractivity contribution in [1.82, 2.24) is 0 Å². The molecule has 0 aliphatic carbocycles. The average Bonchev–Trinajstić information content (AvgIpc) is 2.48. The summed E-state index contributed by atoms with van der Waals surface area (Å²) in [6.45, 7) is 0.261. The summed E-state index contributed by atoms with van der Waals surface area (Å²) in [4.78, 5) is 11.3. The predicted molar refractivity (Wildman–Crippen MR) is 73.5 cm³/mol. The molecule has 0 atom stereocenters. The second-order valence-electron chi connectivity index (χ2n) is 4.03. The molecule has 2 rings (SSSR count). The standard InChI is InChI=1S/C15H12ClFO3/c1-19-15(18)11-7-12(16)14(8-13(11)17)20-9-10-5-3-2-4-6-10/h2-8H,9H2,1H3. The monoisotopic (exact) mass is 294 g/mol. The van der Waals surface area contributed by atoms with Crippen LogP contribution in [0.5, 0.6) is 5.75 Å². The lowest BCUT2D eigenvalue weighted by atomic mass is 10.2. The van der Waals surface area contributed by atoms with E-state index in [1.165, 1.54) is 13.2 Å². The molecular formula is C15H12ClFO3. The summed E-state index contributed by atoms with van der Waals surface area (Å²) in [6.07, 6.45) is 0. The van der Waals surface area contributed by atoms with Crippen LogP contribution in [-0.4, -0.2) is 13.1 Å². The number of methoxy groups -OCH3 is 1. The molecule has 2 aromatic carbocycles. The van der Waals surface area contributed by atoms with Crippen LogP contribution < -0.4 is 4.74 Å². The van der Waals surface area contributed by atoms with Crippen LogP contribution in [0.25, 0.3) is 0 Å². The van der Waals surface area contributed by atoms with Crippen LogP contribution in [-0.2, 0) is 11.3 Å². The molecule has 3 nitrogen and oxygen atoms in total. The largest absolute Gasteiger partial charge is 0.487 e. The summed E-state index contributed by atoms with van der Waals surface area (Å²) in [6, 6.07) is 11.7. The molecule has 0 saturated heterocycles. The number of ether oxygens (including phenoxy) is 2. The van der Waals surface area contributed by atoms with Gasteiger partial charge in [0, 0.05) is 6.07 Å². The maximum Gasteiger partial charge on any atom is 0.340 e. The molecule has 0 aliphatic heterocycles. The van der Waals surface area contributed by atoms with Crippen molar-refractivity contribution in [3.63, 3.8) is 0 Å². The van der Waals surface area contributed by atoms with E-state index in [0.717, 1.165) is 11.6 Å². The summed E-state index contributed by atoms with van der Waals surface area (Å²) in [5.41, 5.74) is 0.714. The van der Waals surface area contributed by atoms with Crippen LogP contribution in [0.3, 0.4) is 0 Å². The van der Waals surface area contributed by atoms with E-state index in [0.29, 0.717) is 0 Å². The molecule has 104 valence electrons. The molecule has 5 heteroatoms. The van der Waals surface area contributed by atoms with Gasteiger partial charge < -0.3 is 9.47 Å². The minimum atomic E-state index is -0.779. The van der Waals surface area contributed by atoms with Gasteiger partial charge in [0.1, 0.15) is 18.2 Å². The number of hydrogen-bond donors (Lipinski definition) is 0. The van der Waals surface area contributed by atoms with Gasteiger partial charge in [-0.3, -0.25) is 0 Å². The zero-order valence-electron chi connectivity index (χ0n) is 10.7. The van der Waals surface area contributed by atoms with Crippen molar-refractivity contribution < 1.29 is 18.7 Å². The minimum absolute atomic E-state index is 0.155. The summed E-state index contributed by atoms with van der Waals surface area (Å²) in [5, 5.41) is 0.155. The Hall–Kier alpha value is -2.07. The molecule has 20 heavy (non-hydrogen) atoms. The van der Waals surface area contributed by atoms with Gasteiger partial charge in [-0.15, -0.1) is 0 Å². The van der Waals surface area contributed by atoms with Crippen LogP contribution in [0.1, 0.15) is 15.9 Å². The fraction of sp³-hybridized carbons (Fsp3) is 0.133. The van der Waals surface area contributed by atoms with Gasteiger partial charge in [0.2, 0.25) is 0 Å². The van der Waals surface area contributed by atoms with Crippen molar-refractivity contribution in [3.8, 4) is 5.75 Å². The van der Waals surface area contributed by atoms with E-state index < -0.39 is 11.8 Å². The summed E-state index contributed by atoms with van der Waals surface area (Å²) in [7, 11) is 1.18. The van der Waals surface area contributed by atoms with Crippen LogP contribution in [0.15, 0.2) is 42.5 Å². The van der Waals surface area contributed by atoms with Crippen molar-refractivity contribution in [2.45, 2.75) is 6.61 Å². The topological polar surface area (TPSA) is 35.5 Å². The van der Waals surface area contributed by atoms with Gasteiger partial charge in [0.05, 0.1) is 17.7 Å². The normalized spacial score (nSPS) is 10.2. The zero-order valence-corrected chi connectivity index (χ0v) is 11.5. The van der Waals surface area contributed by atoms with E-state index in [2.05, 4.69) is 4.74 Å². The number of carbonyl (C=O) groups excluding carboxylic acids is 1. The molecular weight excluding hydrogens is 283 g/mol. The Morgan fingerprint density at radius 1 is 1.25 bits per heavy atom. The lowest BCUT2D eigenvalue weighted by Crippen LogP contribution is -2.05. The van der Waals surface area contributed by atoms with Crippen molar-refractivity contribution in [1.29, 1.82) is 0 Å². The second kappa shape index (κ2) is 6.39. The first kappa shape index (κ1) is 14.3. The van der Waals surface area contributed by atoms with Crippen molar-refractivity contribution in [3.05, 3.63) is 64.4 Å². The van der Waals surface area contributed by atoms with Gasteiger partial charge in [-0.2, -0.15) is 0 Å². The molecule has 0 saturated carbocycles. The molecule has 0 unspecified atom stereocenters. The highest BCUT2D eigenvalue weighted by atomic mass is 35.5. The minimum Gasteiger partial charge on any atom is -0.487 e. The van der Waals surface area contributed by atoms with E-state index >= 15 is 0 Å². The van der Waals surface area contributed by atoms with Gasteiger partial charge in [0.15, 0.2) is 0 Å². The van der Waals surface area contributed by atoms with Gasteiger partial charge in [-0.25, -0.2) is 9.18 Å². The number of halogens is 2. The lowest BCUT2D eigenvalue weighted by molar-refractivity contribution is 0.0595. The average molecular weight is 295 g/mol. The first-order valence-corrected chi connectivity index (χ1v) is 6.23. The molecule has 0 spiro atoms. The highest BCUT2D eigenvalue weighted by molar-refractivity contribution is 6.32. The fourth-order valence-corrected chi connectivity index (χ4v) is 1.86. The number of hydrogen-bond acceptors (Lipinski definition) is 3. The molecule has 0 aromatic heterocycles. The molecule has 2 aromatic rings. The highest BCUT2D eigenvalue weighted by Gasteiger charge is 2.16. The van der Waals surface area contributed by atoms with Gasteiger partial charge in [0.25, 0.3) is 0 Å². The lowest BCUT2D eigenvalue weighted by Gasteiger charge is -2.10. The van der Waals surface area contributed by atoms with Gasteiger partial charge >= 0.3 is 5.97 Å². The van der Waals surface area contributed by atoms with Crippen LogP contribution in [0.2, 0.25) is 5.02 Å². The summed E-state index contributed by atoms with van der Waals surface area (Å²) < 4.78 is 23.7. The predicted octanol–water partition coefficient (Wildman–Crippen LogP) is 3.84. The maximum atomic E-state index is 13.8. The van der Waals surface area contributed by atoms with Crippen LogP contribution in [0.4, 0.5) is 4.39 Å². The van der Waals surface area contributed by atoms with E-state index in [-0.39, 0.29) is 22.9 Å². The Morgan fingerprint density at radius 3 is 2.60 bits per heavy atom. The molecule has 0 fully saturated rings. The van der Waals surface area contributed by atoms with E-state index in [4.69, 9.17) is 16.3 Å². The SMILES string of the molecule is COC(=O)c1cc(Cl)c(OCc2ccccc2)cc1F. The molecule has 0 heterocycles. The van der Waals surface area contributed by atoms with Crippen LogP contribution in [0, 0.1) is 5.82 Å². The third kappa shape index (κ3) is 3.27. The van der Waals surface area contributed by atoms with Crippen molar-refractivity contribution in [2.24, 2.45) is 0 Å². The Labute approximate surface area is 120 Å². The van der Waals surface area contributed by atoms with E-state index in [1.54, 1.807) is 0 Å². The van der Waals surface area contributed by atoms with E-state index in [9.17, 15) is 9.18 Å². The van der Waals surface area contributed by atoms with Crippen LogP contribution >= 0.6 is 11.6 Å². The number of carbonyl (C=O) groups is 1. The maximum absolute atomic E-state index is 13.8. The van der Waals surface area contributed by atoms with E-state index in [1.807, 2.05) is 30.3 Å². The Morgan fingerprint density at radius 2 is 1.95 bits per heavy atom. The first-order valence-electron chi connectivity index (χ1n) is 5.86. The number of rotatable bonds is 4.